The van der Waals surface area contributed by atoms with Gasteiger partial charge >= 0.3 is 6.16 Å². The zero-order valence-electron chi connectivity index (χ0n) is 7.93. The number of rotatable bonds is 4. The maximum Gasteiger partial charge on any atom is 0.510 e. The minimum atomic E-state index is -0.726. The molecule has 14 heavy (non-hydrogen) atoms. The summed E-state index contributed by atoms with van der Waals surface area (Å²) >= 11 is 0. The highest BCUT2D eigenvalue weighted by Gasteiger charge is 2.02. The predicted octanol–water partition coefficient (Wildman–Crippen LogP) is 1.94. The fourth-order valence-corrected chi connectivity index (χ4v) is 0.865. The van der Waals surface area contributed by atoms with E-state index in [0.29, 0.717) is 0 Å². The topological polar surface area (TPSA) is 44.8 Å². The van der Waals surface area contributed by atoms with Crippen LogP contribution < -0.4 is 0 Å². The molecular weight excluding hydrogens is 184 g/mol. The maximum atomic E-state index is 10.9. The molecule has 0 amide bonds. The second-order valence-corrected chi connectivity index (χ2v) is 2.58. The second kappa shape index (κ2) is 5.99. The fraction of sp³-hybridized carbons (Fsp3) is 0.300. The van der Waals surface area contributed by atoms with Gasteiger partial charge in [-0.3, -0.25) is 0 Å². The Kier molecular flexibility index (Phi) is 4.50. The maximum absolute atomic E-state index is 10.9. The first kappa shape index (κ1) is 10.5. The molecule has 0 radical (unpaired) electrons. The van der Waals surface area contributed by atoms with Crippen molar-refractivity contribution < 1.29 is 19.0 Å². The van der Waals surface area contributed by atoms with Crippen molar-refractivity contribution in [3.63, 3.8) is 0 Å². The van der Waals surface area contributed by atoms with E-state index in [-0.39, 0.29) is 13.4 Å². The van der Waals surface area contributed by atoms with Crippen molar-refractivity contribution in [1.82, 2.24) is 0 Å². The van der Waals surface area contributed by atoms with E-state index >= 15 is 0 Å². The molecule has 0 N–H and O–H groups in total. The first-order valence-electron chi connectivity index (χ1n) is 4.15. The van der Waals surface area contributed by atoms with Gasteiger partial charge in [0.15, 0.2) is 6.79 Å². The van der Waals surface area contributed by atoms with Crippen LogP contribution in [0.4, 0.5) is 4.79 Å². The number of carbonyl (C=O) groups excluding carboxylic acids is 1. The molecule has 1 aromatic rings. The molecule has 1 rings (SSSR count). The third-order valence-electron chi connectivity index (χ3n) is 1.49. The van der Waals surface area contributed by atoms with Crippen molar-refractivity contribution >= 4 is 6.16 Å². The molecule has 0 saturated carbocycles. The summed E-state index contributed by atoms with van der Waals surface area (Å²) in [6.07, 6.45) is -0.726. The van der Waals surface area contributed by atoms with Gasteiger partial charge in [-0.15, -0.1) is 0 Å². The molecule has 0 atom stereocenters. The lowest BCUT2D eigenvalue weighted by Crippen LogP contribution is -2.09. The number of methoxy groups -OCH3 is 1. The Morgan fingerprint density at radius 1 is 1.21 bits per heavy atom. The minimum Gasteiger partial charge on any atom is -0.429 e. The minimum absolute atomic E-state index is 0.0897. The second-order valence-electron chi connectivity index (χ2n) is 2.58. The van der Waals surface area contributed by atoms with Gasteiger partial charge in [0.1, 0.15) is 6.61 Å². The monoisotopic (exact) mass is 196 g/mol. The molecule has 0 bridgehead atoms. The highest BCUT2D eigenvalue weighted by atomic mass is 16.8. The van der Waals surface area contributed by atoms with Crippen molar-refractivity contribution in [1.29, 1.82) is 0 Å². The molecule has 0 heterocycles. The van der Waals surface area contributed by atoms with E-state index in [9.17, 15) is 4.79 Å². The number of carbonyl (C=O) groups is 1. The van der Waals surface area contributed by atoms with Crippen molar-refractivity contribution in [2.24, 2.45) is 0 Å². The molecule has 4 heteroatoms. The van der Waals surface area contributed by atoms with Gasteiger partial charge in [-0.05, 0) is 5.56 Å². The smallest absolute Gasteiger partial charge is 0.429 e. The van der Waals surface area contributed by atoms with Crippen LogP contribution in [-0.4, -0.2) is 20.1 Å². The highest BCUT2D eigenvalue weighted by molar-refractivity contribution is 5.59. The van der Waals surface area contributed by atoms with Gasteiger partial charge in [-0.25, -0.2) is 4.79 Å². The zero-order valence-corrected chi connectivity index (χ0v) is 7.93. The van der Waals surface area contributed by atoms with Gasteiger partial charge in [0.05, 0.1) is 0 Å². The molecule has 0 aliphatic heterocycles. The number of benzene rings is 1. The quantitative estimate of drug-likeness (QED) is 0.545. The zero-order chi connectivity index (χ0) is 10.2. The van der Waals surface area contributed by atoms with Gasteiger partial charge < -0.3 is 14.2 Å². The molecule has 0 unspecified atom stereocenters. The summed E-state index contributed by atoms with van der Waals surface area (Å²) in [6, 6.07) is 9.37. The van der Waals surface area contributed by atoms with Crippen molar-refractivity contribution in [2.75, 3.05) is 13.9 Å². The normalized spacial score (nSPS) is 9.50. The Morgan fingerprint density at radius 3 is 2.57 bits per heavy atom. The van der Waals surface area contributed by atoms with Crippen LogP contribution in [0.5, 0.6) is 0 Å². The predicted molar refractivity (Wildman–Crippen MR) is 49.6 cm³/mol. The molecule has 1 aromatic carbocycles. The Balaban J connectivity index is 2.24. The van der Waals surface area contributed by atoms with Gasteiger partial charge in [-0.2, -0.15) is 0 Å². The van der Waals surface area contributed by atoms with Gasteiger partial charge in [-0.1, -0.05) is 30.3 Å². The molecule has 0 spiro atoms. The lowest BCUT2D eigenvalue weighted by atomic mass is 10.2. The summed E-state index contributed by atoms with van der Waals surface area (Å²) in [7, 11) is 1.43. The largest absolute Gasteiger partial charge is 0.510 e. The molecule has 0 saturated heterocycles. The van der Waals surface area contributed by atoms with Crippen LogP contribution in [-0.2, 0) is 20.8 Å². The first-order chi connectivity index (χ1) is 6.83. The molecule has 4 nitrogen and oxygen atoms in total. The highest BCUT2D eigenvalue weighted by Crippen LogP contribution is 2.01. The van der Waals surface area contributed by atoms with Gasteiger partial charge in [0.2, 0.25) is 0 Å². The first-order valence-corrected chi connectivity index (χ1v) is 4.15. The molecular formula is C10H12O4. The van der Waals surface area contributed by atoms with E-state index in [4.69, 9.17) is 4.74 Å². The Morgan fingerprint density at radius 2 is 1.93 bits per heavy atom. The third kappa shape index (κ3) is 3.91. The molecule has 0 aliphatic carbocycles. The third-order valence-corrected chi connectivity index (χ3v) is 1.49. The standard InChI is InChI=1S/C10H12O4/c1-12-8-14-10(11)13-7-9-5-3-2-4-6-9/h2-6H,7-8H2,1H3. The van der Waals surface area contributed by atoms with E-state index in [0.717, 1.165) is 5.56 Å². The van der Waals surface area contributed by atoms with Gasteiger partial charge in [0, 0.05) is 7.11 Å². The van der Waals surface area contributed by atoms with Crippen LogP contribution in [0.15, 0.2) is 30.3 Å². The average molecular weight is 196 g/mol. The lowest BCUT2D eigenvalue weighted by molar-refractivity contribution is -0.0286. The molecule has 0 aromatic heterocycles. The fourth-order valence-electron chi connectivity index (χ4n) is 0.865. The molecule has 0 fully saturated rings. The van der Waals surface area contributed by atoms with E-state index in [2.05, 4.69) is 9.47 Å². The summed E-state index contributed by atoms with van der Waals surface area (Å²) in [5.41, 5.74) is 0.918. The Bertz CT molecular complexity index is 271. The van der Waals surface area contributed by atoms with Crippen LogP contribution >= 0.6 is 0 Å². The van der Waals surface area contributed by atoms with Crippen LogP contribution in [0.1, 0.15) is 5.56 Å². The van der Waals surface area contributed by atoms with Crippen LogP contribution in [0.3, 0.4) is 0 Å². The van der Waals surface area contributed by atoms with E-state index in [1.165, 1.54) is 7.11 Å². The number of ether oxygens (including phenoxy) is 3. The van der Waals surface area contributed by atoms with Crippen LogP contribution in [0, 0.1) is 0 Å². The number of hydrogen-bond donors (Lipinski definition) is 0. The summed E-state index contributed by atoms with van der Waals surface area (Å²) < 4.78 is 13.9. The van der Waals surface area contributed by atoms with E-state index < -0.39 is 6.16 Å². The van der Waals surface area contributed by atoms with E-state index in [1.807, 2.05) is 30.3 Å². The molecule has 0 aliphatic rings. The molecule has 76 valence electrons. The summed E-state index contributed by atoms with van der Waals surface area (Å²) in [4.78, 5) is 10.9. The van der Waals surface area contributed by atoms with Crippen LogP contribution in [0.2, 0.25) is 0 Å². The van der Waals surface area contributed by atoms with Crippen molar-refractivity contribution in [3.05, 3.63) is 35.9 Å². The number of hydrogen-bond acceptors (Lipinski definition) is 4. The summed E-state index contributed by atoms with van der Waals surface area (Å²) in [5, 5.41) is 0. The van der Waals surface area contributed by atoms with Crippen molar-refractivity contribution in [2.45, 2.75) is 6.61 Å². The Labute approximate surface area is 82.4 Å². The lowest BCUT2D eigenvalue weighted by Gasteiger charge is -2.04. The summed E-state index contributed by atoms with van der Waals surface area (Å²) in [5.74, 6) is 0. The van der Waals surface area contributed by atoms with E-state index in [1.54, 1.807) is 0 Å². The van der Waals surface area contributed by atoms with Gasteiger partial charge in [0.25, 0.3) is 0 Å². The van der Waals surface area contributed by atoms with Crippen molar-refractivity contribution in [3.8, 4) is 0 Å². The van der Waals surface area contributed by atoms with Crippen LogP contribution in [0.25, 0.3) is 0 Å². The average Bonchev–Trinajstić information content (AvgIpc) is 2.25. The summed E-state index contributed by atoms with van der Waals surface area (Å²) in [6.45, 7) is 0.122. The SMILES string of the molecule is COCOC(=O)OCc1ccccc1. The Hall–Kier alpha value is -1.55.